The van der Waals surface area contributed by atoms with Gasteiger partial charge in [-0.3, -0.25) is 0 Å². The average molecular weight is 267 g/mol. The van der Waals surface area contributed by atoms with Gasteiger partial charge in [0.25, 0.3) is 0 Å². The van der Waals surface area contributed by atoms with Gasteiger partial charge in [-0.25, -0.2) is 0 Å². The van der Waals surface area contributed by atoms with Crippen LogP contribution in [-0.2, 0) is 0 Å². The van der Waals surface area contributed by atoms with Crippen molar-refractivity contribution < 1.29 is 0 Å². The standard InChI is InChI=1S/C6H14.6C2H6/c1-3-5-6-4-2;6*1-2/h3-6H2,1-2H3;6*1-2H3. The second-order valence-corrected chi connectivity index (χ2v) is 1.71. The first-order chi connectivity index (χ1) is 8.91. The van der Waals surface area contributed by atoms with Gasteiger partial charge in [-0.2, -0.15) is 0 Å². The minimum atomic E-state index is 1.36. The van der Waals surface area contributed by atoms with Crippen molar-refractivity contribution in [3.8, 4) is 0 Å². The number of hydrogen-bond donors (Lipinski definition) is 0. The van der Waals surface area contributed by atoms with Crippen LogP contribution in [0.3, 0.4) is 0 Å². The molecule has 0 saturated heterocycles. The fourth-order valence-electron chi connectivity index (χ4n) is 0.500. The predicted octanol–water partition coefficient (Wildman–Crippen LogP) is 8.74. The zero-order valence-corrected chi connectivity index (χ0v) is 16.8. The van der Waals surface area contributed by atoms with E-state index in [9.17, 15) is 0 Å². The summed E-state index contributed by atoms with van der Waals surface area (Å²) in [6.07, 6.45) is 5.54. The van der Waals surface area contributed by atoms with Crippen molar-refractivity contribution in [2.24, 2.45) is 0 Å². The van der Waals surface area contributed by atoms with E-state index in [4.69, 9.17) is 0 Å². The summed E-state index contributed by atoms with van der Waals surface area (Å²) in [7, 11) is 0. The summed E-state index contributed by atoms with van der Waals surface area (Å²) < 4.78 is 0. The lowest BCUT2D eigenvalue weighted by Gasteiger charge is -1.86. The molecule has 0 radical (unpaired) electrons. The second kappa shape index (κ2) is 272. The average Bonchev–Trinajstić information content (AvgIpc) is 2.57. The molecule has 0 atom stereocenters. The van der Waals surface area contributed by atoms with Gasteiger partial charge in [0.1, 0.15) is 0 Å². The molecule has 122 valence electrons. The number of rotatable bonds is 3. The molecule has 0 aliphatic heterocycles. The van der Waals surface area contributed by atoms with Crippen LogP contribution in [0, 0.1) is 0 Å². The van der Waals surface area contributed by atoms with E-state index in [1.165, 1.54) is 25.7 Å². The summed E-state index contributed by atoms with van der Waals surface area (Å²) in [4.78, 5) is 0. The number of unbranched alkanes of at least 4 members (excludes halogenated alkanes) is 3. The Morgan fingerprint density at radius 1 is 0.333 bits per heavy atom. The lowest BCUT2D eigenvalue weighted by molar-refractivity contribution is 0.702. The topological polar surface area (TPSA) is 0 Å². The van der Waals surface area contributed by atoms with E-state index in [0.717, 1.165) is 0 Å². The summed E-state index contributed by atoms with van der Waals surface area (Å²) in [5.41, 5.74) is 0. The van der Waals surface area contributed by atoms with E-state index in [-0.39, 0.29) is 0 Å². The third-order valence-corrected chi connectivity index (χ3v) is 0.957. The van der Waals surface area contributed by atoms with E-state index in [1.54, 1.807) is 0 Å². The monoisotopic (exact) mass is 266 g/mol. The summed E-state index contributed by atoms with van der Waals surface area (Å²) >= 11 is 0. The van der Waals surface area contributed by atoms with Gasteiger partial charge >= 0.3 is 0 Å². The van der Waals surface area contributed by atoms with E-state index in [2.05, 4.69) is 13.8 Å². The van der Waals surface area contributed by atoms with E-state index in [1.807, 2.05) is 83.1 Å². The molecular weight excluding hydrogens is 216 g/mol. The molecule has 0 spiro atoms. The first kappa shape index (κ1) is 43.0. The Labute approximate surface area is 123 Å². The van der Waals surface area contributed by atoms with Crippen LogP contribution in [0.25, 0.3) is 0 Å². The molecule has 0 N–H and O–H groups in total. The fraction of sp³-hybridized carbons (Fsp3) is 1.00. The highest BCUT2D eigenvalue weighted by Crippen LogP contribution is 1.95. The minimum Gasteiger partial charge on any atom is -0.0683 e. The van der Waals surface area contributed by atoms with Crippen molar-refractivity contribution >= 4 is 0 Å². The van der Waals surface area contributed by atoms with Crippen LogP contribution in [0.4, 0.5) is 0 Å². The molecule has 0 heterocycles. The maximum absolute atomic E-state index is 2.23. The minimum absolute atomic E-state index is 1.36. The maximum atomic E-state index is 2.23. The fourth-order valence-corrected chi connectivity index (χ4v) is 0.500. The van der Waals surface area contributed by atoms with Gasteiger partial charge in [-0.15, -0.1) is 0 Å². The molecule has 0 saturated carbocycles. The van der Waals surface area contributed by atoms with Crippen LogP contribution in [0.2, 0.25) is 0 Å². The second-order valence-electron chi connectivity index (χ2n) is 1.71. The molecule has 0 bridgehead atoms. The third-order valence-electron chi connectivity index (χ3n) is 0.957. The summed E-state index contributed by atoms with van der Waals surface area (Å²) in [5, 5.41) is 0. The maximum Gasteiger partial charge on any atom is -0.0536 e. The smallest absolute Gasteiger partial charge is 0.0536 e. The normalized spacial score (nSPS) is 5.00. The van der Waals surface area contributed by atoms with Crippen LogP contribution < -0.4 is 0 Å². The zero-order chi connectivity index (χ0) is 16.8. The van der Waals surface area contributed by atoms with Crippen molar-refractivity contribution in [1.29, 1.82) is 0 Å². The molecule has 18 heavy (non-hydrogen) atoms. The summed E-state index contributed by atoms with van der Waals surface area (Å²) in [5.74, 6) is 0. The van der Waals surface area contributed by atoms with Crippen LogP contribution >= 0.6 is 0 Å². The zero-order valence-electron chi connectivity index (χ0n) is 16.8. The largest absolute Gasteiger partial charge is 0.0683 e. The molecule has 0 unspecified atom stereocenters. The Morgan fingerprint density at radius 3 is 0.500 bits per heavy atom. The summed E-state index contributed by atoms with van der Waals surface area (Å²) in [6, 6.07) is 0. The molecule has 0 aromatic heterocycles. The van der Waals surface area contributed by atoms with Crippen molar-refractivity contribution in [2.45, 2.75) is 123 Å². The van der Waals surface area contributed by atoms with Crippen molar-refractivity contribution in [2.75, 3.05) is 0 Å². The predicted molar refractivity (Wildman–Crippen MR) is 97.9 cm³/mol. The summed E-state index contributed by atoms with van der Waals surface area (Å²) in [6.45, 7) is 28.5. The van der Waals surface area contributed by atoms with Gasteiger partial charge < -0.3 is 0 Å². The quantitative estimate of drug-likeness (QED) is 0.448. The van der Waals surface area contributed by atoms with Gasteiger partial charge in [0.05, 0.1) is 0 Å². The highest BCUT2D eigenvalue weighted by molar-refractivity contribution is 4.31. The van der Waals surface area contributed by atoms with Crippen molar-refractivity contribution in [3.63, 3.8) is 0 Å². The Morgan fingerprint density at radius 2 is 0.444 bits per heavy atom. The molecule has 0 aromatic rings. The Balaban J connectivity index is -0.0000000174. The molecule has 0 rings (SSSR count). The lowest BCUT2D eigenvalue weighted by Crippen LogP contribution is -1.66. The molecule has 0 aromatic carbocycles. The molecule has 0 fully saturated rings. The molecule has 0 heteroatoms. The van der Waals surface area contributed by atoms with Crippen LogP contribution in [0.5, 0.6) is 0 Å². The van der Waals surface area contributed by atoms with Gasteiger partial charge in [-0.05, 0) is 0 Å². The van der Waals surface area contributed by atoms with Crippen molar-refractivity contribution in [1.82, 2.24) is 0 Å². The van der Waals surface area contributed by atoms with Crippen LogP contribution in [-0.4, -0.2) is 0 Å². The van der Waals surface area contributed by atoms with Crippen LogP contribution in [0.1, 0.15) is 123 Å². The van der Waals surface area contributed by atoms with E-state index < -0.39 is 0 Å². The molecule has 0 amide bonds. The molecular formula is C18H50. The van der Waals surface area contributed by atoms with Gasteiger partial charge in [0.15, 0.2) is 0 Å². The number of hydrogen-bond acceptors (Lipinski definition) is 0. The molecule has 0 nitrogen and oxygen atoms in total. The van der Waals surface area contributed by atoms with E-state index in [0.29, 0.717) is 0 Å². The molecule has 0 aliphatic rings. The third kappa shape index (κ3) is 400. The van der Waals surface area contributed by atoms with Crippen molar-refractivity contribution in [3.05, 3.63) is 0 Å². The Hall–Kier alpha value is 0. The SMILES string of the molecule is CC.CC.CC.CC.CC.CC.CCCCCC. The Kier molecular flexibility index (Phi) is 650. The Bertz CT molecular complexity index is 12.0. The van der Waals surface area contributed by atoms with Gasteiger partial charge in [0.2, 0.25) is 0 Å². The van der Waals surface area contributed by atoms with Gasteiger partial charge in [-0.1, -0.05) is 123 Å². The van der Waals surface area contributed by atoms with E-state index >= 15 is 0 Å². The highest BCUT2D eigenvalue weighted by atomic mass is 13.8. The molecule has 0 aliphatic carbocycles. The first-order valence-corrected chi connectivity index (χ1v) is 8.91. The highest BCUT2D eigenvalue weighted by Gasteiger charge is 1.75. The first-order valence-electron chi connectivity index (χ1n) is 8.91. The van der Waals surface area contributed by atoms with Crippen LogP contribution in [0.15, 0.2) is 0 Å². The lowest BCUT2D eigenvalue weighted by atomic mass is 10.2. The van der Waals surface area contributed by atoms with Gasteiger partial charge in [0, 0.05) is 0 Å².